The van der Waals surface area contributed by atoms with Crippen molar-refractivity contribution in [3.63, 3.8) is 0 Å². The smallest absolute Gasteiger partial charge is 0.133 e. The van der Waals surface area contributed by atoms with Gasteiger partial charge in [0.1, 0.15) is 5.75 Å². The third kappa shape index (κ3) is 1.71. The van der Waals surface area contributed by atoms with Gasteiger partial charge in [0, 0.05) is 4.47 Å². The van der Waals surface area contributed by atoms with Gasteiger partial charge in [-0.3, -0.25) is 0 Å². The average Bonchev–Trinajstić information content (AvgIpc) is 2.01. The predicted octanol–water partition coefficient (Wildman–Crippen LogP) is 3.05. The van der Waals surface area contributed by atoms with Gasteiger partial charge in [-0.2, -0.15) is 0 Å². The first-order valence-corrected chi connectivity index (χ1v) is 4.43. The minimum Gasteiger partial charge on any atom is -0.496 e. The van der Waals surface area contributed by atoms with E-state index in [0.29, 0.717) is 0 Å². The molecular weight excluding hydrogens is 224 g/mol. The molecule has 0 radical (unpaired) electrons. The van der Waals surface area contributed by atoms with Gasteiger partial charge >= 0.3 is 0 Å². The summed E-state index contributed by atoms with van der Waals surface area (Å²) in [6.07, 6.45) is 0. The highest BCUT2D eigenvalue weighted by molar-refractivity contribution is 9.10. The minimum absolute atomic E-state index is 0.797. The van der Waals surface area contributed by atoms with Crippen LogP contribution >= 0.6 is 28.6 Å². The second-order valence-corrected chi connectivity index (χ2v) is 3.49. The van der Waals surface area contributed by atoms with E-state index < -0.39 is 0 Å². The van der Waals surface area contributed by atoms with E-state index in [0.717, 1.165) is 20.7 Å². The number of aryl methyl sites for hydroxylation is 1. The molecular formula is C8H9BrOS. The number of benzene rings is 1. The van der Waals surface area contributed by atoms with Crippen molar-refractivity contribution in [3.8, 4) is 5.75 Å². The standard InChI is InChI=1S/C8H9BrOS/c1-5-3-4-6(10-2)8(11)7(5)9/h3-4,11H,1-2H3. The van der Waals surface area contributed by atoms with Crippen molar-refractivity contribution in [2.45, 2.75) is 11.8 Å². The number of hydrogen-bond donors (Lipinski definition) is 1. The van der Waals surface area contributed by atoms with E-state index >= 15 is 0 Å². The molecule has 11 heavy (non-hydrogen) atoms. The van der Waals surface area contributed by atoms with Crippen molar-refractivity contribution in [1.82, 2.24) is 0 Å². The van der Waals surface area contributed by atoms with Crippen LogP contribution in [-0.2, 0) is 0 Å². The maximum Gasteiger partial charge on any atom is 0.133 e. The molecule has 0 aliphatic heterocycles. The second-order valence-electron chi connectivity index (χ2n) is 2.25. The van der Waals surface area contributed by atoms with Crippen molar-refractivity contribution in [2.24, 2.45) is 0 Å². The van der Waals surface area contributed by atoms with Crippen LogP contribution in [0.2, 0.25) is 0 Å². The number of rotatable bonds is 1. The molecule has 0 bridgehead atoms. The number of halogens is 1. The fourth-order valence-electron chi connectivity index (χ4n) is 0.812. The first-order valence-electron chi connectivity index (χ1n) is 3.19. The third-order valence-corrected chi connectivity index (χ3v) is 3.26. The monoisotopic (exact) mass is 232 g/mol. The van der Waals surface area contributed by atoms with Crippen LogP contribution in [-0.4, -0.2) is 7.11 Å². The summed E-state index contributed by atoms with van der Waals surface area (Å²) in [7, 11) is 1.64. The first-order chi connectivity index (χ1) is 5.16. The minimum atomic E-state index is 0.797. The van der Waals surface area contributed by atoms with Gasteiger partial charge in [-0.1, -0.05) is 6.07 Å². The fourth-order valence-corrected chi connectivity index (χ4v) is 1.48. The Balaban J connectivity index is 3.25. The van der Waals surface area contributed by atoms with Crippen LogP contribution in [0.1, 0.15) is 5.56 Å². The molecule has 60 valence electrons. The molecule has 0 aromatic heterocycles. The summed E-state index contributed by atoms with van der Waals surface area (Å²) in [5.41, 5.74) is 1.16. The average molecular weight is 233 g/mol. The highest BCUT2D eigenvalue weighted by Crippen LogP contribution is 2.32. The van der Waals surface area contributed by atoms with Gasteiger partial charge in [0.05, 0.1) is 12.0 Å². The van der Waals surface area contributed by atoms with E-state index in [1.165, 1.54) is 0 Å². The molecule has 0 unspecified atom stereocenters. The van der Waals surface area contributed by atoms with E-state index in [2.05, 4.69) is 28.6 Å². The van der Waals surface area contributed by atoms with Gasteiger partial charge in [0.25, 0.3) is 0 Å². The lowest BCUT2D eigenvalue weighted by molar-refractivity contribution is 0.404. The van der Waals surface area contributed by atoms with Gasteiger partial charge in [0.15, 0.2) is 0 Å². The first kappa shape index (κ1) is 8.94. The van der Waals surface area contributed by atoms with Crippen LogP contribution in [0.5, 0.6) is 5.75 Å². The number of methoxy groups -OCH3 is 1. The predicted molar refractivity (Wildman–Crippen MR) is 52.7 cm³/mol. The van der Waals surface area contributed by atoms with Crippen molar-refractivity contribution in [1.29, 1.82) is 0 Å². The Hall–Kier alpha value is -0.150. The number of thiol groups is 1. The van der Waals surface area contributed by atoms with E-state index in [1.54, 1.807) is 7.11 Å². The molecule has 0 fully saturated rings. The Morgan fingerprint density at radius 3 is 2.64 bits per heavy atom. The molecule has 3 heteroatoms. The van der Waals surface area contributed by atoms with E-state index in [4.69, 9.17) is 4.74 Å². The topological polar surface area (TPSA) is 9.23 Å². The molecule has 0 atom stereocenters. The van der Waals surface area contributed by atoms with Crippen molar-refractivity contribution >= 4 is 28.6 Å². The zero-order chi connectivity index (χ0) is 8.43. The van der Waals surface area contributed by atoms with Crippen molar-refractivity contribution in [3.05, 3.63) is 22.2 Å². The molecule has 1 aromatic carbocycles. The van der Waals surface area contributed by atoms with E-state index in [9.17, 15) is 0 Å². The number of hydrogen-bond acceptors (Lipinski definition) is 2. The summed E-state index contributed by atoms with van der Waals surface area (Å²) in [6, 6.07) is 3.89. The van der Waals surface area contributed by atoms with Crippen LogP contribution < -0.4 is 4.74 Å². The number of ether oxygens (including phenoxy) is 1. The lowest BCUT2D eigenvalue weighted by atomic mass is 10.2. The Kier molecular flexibility index (Phi) is 2.84. The fraction of sp³-hybridized carbons (Fsp3) is 0.250. The molecule has 0 aliphatic rings. The molecule has 0 N–H and O–H groups in total. The third-order valence-electron chi connectivity index (χ3n) is 1.49. The van der Waals surface area contributed by atoms with Gasteiger partial charge in [0.2, 0.25) is 0 Å². The Bertz CT molecular complexity index is 273. The summed E-state index contributed by atoms with van der Waals surface area (Å²) in [5, 5.41) is 0. The van der Waals surface area contributed by atoms with Gasteiger partial charge in [-0.25, -0.2) is 0 Å². The Morgan fingerprint density at radius 2 is 2.09 bits per heavy atom. The Labute approximate surface area is 80.3 Å². The molecule has 1 nitrogen and oxygen atoms in total. The largest absolute Gasteiger partial charge is 0.496 e. The molecule has 0 spiro atoms. The molecule has 1 aromatic rings. The maximum absolute atomic E-state index is 5.07. The van der Waals surface area contributed by atoms with Crippen molar-refractivity contribution < 1.29 is 4.74 Å². The highest BCUT2D eigenvalue weighted by atomic mass is 79.9. The normalized spacial score (nSPS) is 9.82. The van der Waals surface area contributed by atoms with Crippen molar-refractivity contribution in [2.75, 3.05) is 7.11 Å². The maximum atomic E-state index is 5.07. The quantitative estimate of drug-likeness (QED) is 0.733. The second kappa shape index (κ2) is 3.50. The van der Waals surface area contributed by atoms with Gasteiger partial charge in [-0.05, 0) is 34.5 Å². The molecule has 0 saturated heterocycles. The summed E-state index contributed by atoms with van der Waals surface area (Å²) < 4.78 is 6.07. The zero-order valence-electron chi connectivity index (χ0n) is 6.39. The van der Waals surface area contributed by atoms with E-state index in [1.807, 2.05) is 19.1 Å². The molecule has 0 amide bonds. The summed E-state index contributed by atoms with van der Waals surface area (Å²) in [4.78, 5) is 0.854. The van der Waals surface area contributed by atoms with Crippen LogP contribution in [0, 0.1) is 6.92 Å². The summed E-state index contributed by atoms with van der Waals surface area (Å²) in [6.45, 7) is 2.02. The SMILES string of the molecule is COc1ccc(C)c(Br)c1S. The van der Waals surface area contributed by atoms with Crippen LogP contribution in [0.15, 0.2) is 21.5 Å². The van der Waals surface area contributed by atoms with E-state index in [-0.39, 0.29) is 0 Å². The molecule has 0 saturated carbocycles. The lowest BCUT2D eigenvalue weighted by Crippen LogP contribution is -1.86. The molecule has 1 rings (SSSR count). The Morgan fingerprint density at radius 1 is 1.45 bits per heavy atom. The van der Waals surface area contributed by atoms with Gasteiger partial charge < -0.3 is 4.74 Å². The van der Waals surface area contributed by atoms with Crippen LogP contribution in [0.25, 0.3) is 0 Å². The van der Waals surface area contributed by atoms with Crippen LogP contribution in [0.3, 0.4) is 0 Å². The lowest BCUT2D eigenvalue weighted by Gasteiger charge is -2.06. The molecule has 0 aliphatic carbocycles. The summed E-state index contributed by atoms with van der Waals surface area (Å²) in [5.74, 6) is 0.797. The highest BCUT2D eigenvalue weighted by Gasteiger charge is 2.04. The zero-order valence-corrected chi connectivity index (χ0v) is 8.87. The van der Waals surface area contributed by atoms with Crippen LogP contribution in [0.4, 0.5) is 0 Å². The van der Waals surface area contributed by atoms with Gasteiger partial charge in [-0.15, -0.1) is 12.6 Å². The molecule has 0 heterocycles. The summed E-state index contributed by atoms with van der Waals surface area (Å²) >= 11 is 7.70.